The summed E-state index contributed by atoms with van der Waals surface area (Å²) in [6.45, 7) is 3.71. The number of aromatic nitrogens is 3. The van der Waals surface area contributed by atoms with Gasteiger partial charge in [0.05, 0.1) is 0 Å². The normalized spacial score (nSPS) is 14.1. The van der Waals surface area contributed by atoms with Crippen LogP contribution >= 0.6 is 7.14 Å². The standard InChI is InChI=1S/C51H44N3OP/c1-56(2,55)47-33-32-44(45-18-10-11-19-46(45)47)38-24-28-42(29-25-38)51(34-12-5-13-35-51)43-30-26-41(27-31-43)50-53-48(39-16-8-4-9-17-39)52-49(54-50)40-22-20-37(21-23-40)36-14-6-3-7-15-36/h3-4,6-11,14-33H,5,12-13,34-35H2,1-2H3. The lowest BCUT2D eigenvalue weighted by molar-refractivity contribution is 0.346. The topological polar surface area (TPSA) is 55.7 Å². The van der Waals surface area contributed by atoms with E-state index in [-0.39, 0.29) is 5.41 Å². The average molecular weight is 746 g/mol. The highest BCUT2D eigenvalue weighted by Gasteiger charge is 2.36. The van der Waals surface area contributed by atoms with E-state index in [1.165, 1.54) is 47.1 Å². The molecule has 0 N–H and O–H groups in total. The summed E-state index contributed by atoms with van der Waals surface area (Å²) >= 11 is 0. The molecule has 8 aromatic rings. The molecule has 0 unspecified atom stereocenters. The zero-order valence-electron chi connectivity index (χ0n) is 31.9. The third-order valence-corrected chi connectivity index (χ3v) is 13.1. The lowest BCUT2D eigenvalue weighted by Crippen LogP contribution is -2.30. The molecule has 7 aromatic carbocycles. The minimum atomic E-state index is -2.42. The Labute approximate surface area is 329 Å². The van der Waals surface area contributed by atoms with Crippen molar-refractivity contribution in [2.45, 2.75) is 37.5 Å². The van der Waals surface area contributed by atoms with Gasteiger partial charge in [0.2, 0.25) is 0 Å². The number of nitrogens with zero attached hydrogens (tertiary/aromatic N) is 3. The fourth-order valence-electron chi connectivity index (χ4n) is 8.60. The predicted molar refractivity (Wildman–Crippen MR) is 234 cm³/mol. The van der Waals surface area contributed by atoms with E-state index in [9.17, 15) is 4.57 Å². The minimum absolute atomic E-state index is 0.0712. The lowest BCUT2D eigenvalue weighted by atomic mass is 9.65. The Hall–Kier alpha value is -5.96. The number of benzene rings is 7. The first kappa shape index (κ1) is 35.7. The smallest absolute Gasteiger partial charge is 0.164 e. The Morgan fingerprint density at radius 3 is 1.36 bits per heavy atom. The van der Waals surface area contributed by atoms with Crippen molar-refractivity contribution in [3.63, 3.8) is 0 Å². The molecule has 0 radical (unpaired) electrons. The van der Waals surface area contributed by atoms with Crippen molar-refractivity contribution >= 4 is 23.2 Å². The monoisotopic (exact) mass is 745 g/mol. The molecule has 1 aliphatic carbocycles. The SMILES string of the molecule is CP(C)(=O)c1ccc(-c2ccc(C3(c4ccc(-c5nc(-c6ccccc6)nc(-c6ccc(-c7ccccc7)cc6)n5)cc4)CCCCC3)cc2)c2ccccc12. The minimum Gasteiger partial charge on any atom is -0.319 e. The Morgan fingerprint density at radius 2 is 0.821 bits per heavy atom. The van der Waals surface area contributed by atoms with Gasteiger partial charge in [-0.15, -0.1) is 0 Å². The van der Waals surface area contributed by atoms with Crippen LogP contribution < -0.4 is 5.30 Å². The van der Waals surface area contributed by atoms with Crippen molar-refractivity contribution in [3.8, 4) is 56.4 Å². The second-order valence-corrected chi connectivity index (χ2v) is 18.6. The highest BCUT2D eigenvalue weighted by atomic mass is 31.2. The zero-order chi connectivity index (χ0) is 38.1. The Bertz CT molecular complexity index is 2680. The van der Waals surface area contributed by atoms with Crippen LogP contribution in [0.25, 0.3) is 67.2 Å². The first-order valence-electron chi connectivity index (χ1n) is 19.6. The van der Waals surface area contributed by atoms with Gasteiger partial charge in [-0.2, -0.15) is 0 Å². The summed E-state index contributed by atoms with van der Waals surface area (Å²) in [5.41, 5.74) is 10.2. The van der Waals surface area contributed by atoms with Gasteiger partial charge in [0.25, 0.3) is 0 Å². The van der Waals surface area contributed by atoms with E-state index < -0.39 is 7.14 Å². The van der Waals surface area contributed by atoms with Crippen molar-refractivity contribution in [2.75, 3.05) is 13.3 Å². The van der Waals surface area contributed by atoms with Crippen LogP contribution in [0.1, 0.15) is 43.2 Å². The molecule has 0 bridgehead atoms. The Morgan fingerprint density at radius 1 is 0.411 bits per heavy atom. The molecule has 1 saturated carbocycles. The Balaban J connectivity index is 1.06. The van der Waals surface area contributed by atoms with E-state index in [1.807, 2.05) is 43.7 Å². The molecule has 0 saturated heterocycles. The average Bonchev–Trinajstić information content (AvgIpc) is 3.26. The quantitative estimate of drug-likeness (QED) is 0.145. The molecule has 0 spiro atoms. The third-order valence-electron chi connectivity index (χ3n) is 11.6. The summed E-state index contributed by atoms with van der Waals surface area (Å²) in [5.74, 6) is 1.98. The summed E-state index contributed by atoms with van der Waals surface area (Å²) < 4.78 is 13.2. The molecule has 0 amide bonds. The largest absolute Gasteiger partial charge is 0.319 e. The van der Waals surface area contributed by atoms with Crippen LogP contribution in [0.2, 0.25) is 0 Å². The van der Waals surface area contributed by atoms with Crippen LogP contribution in [0.5, 0.6) is 0 Å². The van der Waals surface area contributed by atoms with Crippen molar-refractivity contribution in [1.82, 2.24) is 15.0 Å². The van der Waals surface area contributed by atoms with Gasteiger partial charge in [-0.1, -0.05) is 189 Å². The molecule has 1 aliphatic rings. The van der Waals surface area contributed by atoms with Gasteiger partial charge < -0.3 is 4.57 Å². The third kappa shape index (κ3) is 6.91. The van der Waals surface area contributed by atoms with E-state index in [0.717, 1.165) is 51.2 Å². The van der Waals surface area contributed by atoms with E-state index in [1.54, 1.807) is 0 Å². The van der Waals surface area contributed by atoms with Gasteiger partial charge in [-0.3, -0.25) is 0 Å². The highest BCUT2D eigenvalue weighted by molar-refractivity contribution is 7.70. The number of fused-ring (bicyclic) bond motifs is 1. The molecule has 0 aliphatic heterocycles. The summed E-state index contributed by atoms with van der Waals surface area (Å²) in [7, 11) is -2.42. The van der Waals surface area contributed by atoms with Crippen LogP contribution in [-0.4, -0.2) is 28.3 Å². The molecule has 1 aromatic heterocycles. The van der Waals surface area contributed by atoms with Crippen molar-refractivity contribution in [1.29, 1.82) is 0 Å². The van der Waals surface area contributed by atoms with Gasteiger partial charge in [0.1, 0.15) is 7.14 Å². The van der Waals surface area contributed by atoms with E-state index in [2.05, 4.69) is 140 Å². The lowest BCUT2D eigenvalue weighted by Gasteiger charge is -2.39. The molecular formula is C51H44N3OP. The van der Waals surface area contributed by atoms with Gasteiger partial charge in [0.15, 0.2) is 17.5 Å². The maximum Gasteiger partial charge on any atom is 0.164 e. The summed E-state index contributed by atoms with van der Waals surface area (Å²) in [6, 6.07) is 59.9. The van der Waals surface area contributed by atoms with Crippen LogP contribution in [-0.2, 0) is 9.98 Å². The van der Waals surface area contributed by atoms with Gasteiger partial charge in [0, 0.05) is 27.4 Å². The van der Waals surface area contributed by atoms with Crippen LogP contribution in [0, 0.1) is 0 Å². The van der Waals surface area contributed by atoms with Gasteiger partial charge in [-0.05, 0) is 70.3 Å². The van der Waals surface area contributed by atoms with Crippen LogP contribution in [0.3, 0.4) is 0 Å². The summed E-state index contributed by atoms with van der Waals surface area (Å²) in [4.78, 5) is 15.1. The highest BCUT2D eigenvalue weighted by Crippen LogP contribution is 2.46. The predicted octanol–water partition coefficient (Wildman–Crippen LogP) is 12.9. The van der Waals surface area contributed by atoms with E-state index >= 15 is 0 Å². The second kappa shape index (κ2) is 14.9. The molecule has 4 nitrogen and oxygen atoms in total. The maximum absolute atomic E-state index is 13.2. The van der Waals surface area contributed by atoms with Gasteiger partial charge in [-0.25, -0.2) is 15.0 Å². The molecule has 1 heterocycles. The molecule has 1 fully saturated rings. The van der Waals surface area contributed by atoms with Crippen molar-refractivity contribution in [3.05, 3.63) is 181 Å². The molecule has 274 valence electrons. The maximum atomic E-state index is 13.2. The Kier molecular flexibility index (Phi) is 9.53. The van der Waals surface area contributed by atoms with E-state index in [4.69, 9.17) is 15.0 Å². The molecule has 9 rings (SSSR count). The molecule has 5 heteroatoms. The second-order valence-electron chi connectivity index (χ2n) is 15.4. The summed E-state index contributed by atoms with van der Waals surface area (Å²) in [5, 5.41) is 3.17. The van der Waals surface area contributed by atoms with Crippen LogP contribution in [0.4, 0.5) is 0 Å². The fourth-order valence-corrected chi connectivity index (χ4v) is 9.81. The molecule has 0 atom stereocenters. The van der Waals surface area contributed by atoms with Gasteiger partial charge >= 0.3 is 0 Å². The number of rotatable bonds is 8. The first-order chi connectivity index (χ1) is 27.4. The van der Waals surface area contributed by atoms with Crippen molar-refractivity contribution < 1.29 is 4.57 Å². The molecular weight excluding hydrogens is 702 g/mol. The van der Waals surface area contributed by atoms with E-state index in [0.29, 0.717) is 17.5 Å². The zero-order valence-corrected chi connectivity index (χ0v) is 32.8. The summed E-state index contributed by atoms with van der Waals surface area (Å²) in [6.07, 6.45) is 5.88. The first-order valence-corrected chi connectivity index (χ1v) is 22.2. The number of hydrogen-bond donors (Lipinski definition) is 0. The number of hydrogen-bond acceptors (Lipinski definition) is 4. The van der Waals surface area contributed by atoms with Crippen LogP contribution in [0.15, 0.2) is 170 Å². The van der Waals surface area contributed by atoms with Crippen molar-refractivity contribution in [2.24, 2.45) is 0 Å². The fraction of sp³-hybridized carbons (Fsp3) is 0.157. The molecule has 56 heavy (non-hydrogen) atoms.